The van der Waals surface area contributed by atoms with E-state index in [-0.39, 0.29) is 29.2 Å². The Bertz CT molecular complexity index is 573. The normalized spacial score (nSPS) is 10.2. The number of ether oxygens (including phenoxy) is 2. The summed E-state index contributed by atoms with van der Waals surface area (Å²) in [5, 5.41) is 18.7. The molecule has 0 saturated heterocycles. The summed E-state index contributed by atoms with van der Waals surface area (Å²) in [5.41, 5.74) is 0.289. The van der Waals surface area contributed by atoms with Crippen LogP contribution >= 0.6 is 0 Å². The number of rotatable bonds is 4. The summed E-state index contributed by atoms with van der Waals surface area (Å²) in [4.78, 5) is 10.6. The Morgan fingerprint density at radius 1 is 1.32 bits per heavy atom. The average Bonchev–Trinajstić information content (AvgIpc) is 2.86. The van der Waals surface area contributed by atoms with Gasteiger partial charge in [0.2, 0.25) is 0 Å². The van der Waals surface area contributed by atoms with Crippen LogP contribution in [0.15, 0.2) is 34.9 Å². The molecule has 0 aliphatic heterocycles. The average molecular weight is 264 g/mol. The van der Waals surface area contributed by atoms with Crippen molar-refractivity contribution >= 4 is 6.16 Å². The van der Waals surface area contributed by atoms with Crippen LogP contribution in [0.25, 0.3) is 0 Å². The fourth-order valence-electron chi connectivity index (χ4n) is 1.71. The molecule has 0 bridgehead atoms. The van der Waals surface area contributed by atoms with E-state index in [4.69, 9.17) is 14.3 Å². The summed E-state index contributed by atoms with van der Waals surface area (Å²) in [5.74, 6) is 0.679. The second-order valence-corrected chi connectivity index (χ2v) is 3.72. The first-order valence-corrected chi connectivity index (χ1v) is 5.43. The van der Waals surface area contributed by atoms with Crippen molar-refractivity contribution in [3.8, 4) is 17.2 Å². The van der Waals surface area contributed by atoms with Crippen LogP contribution < -0.4 is 9.47 Å². The van der Waals surface area contributed by atoms with Gasteiger partial charge in [-0.2, -0.15) is 0 Å². The van der Waals surface area contributed by atoms with E-state index in [0.717, 1.165) is 0 Å². The van der Waals surface area contributed by atoms with Gasteiger partial charge < -0.3 is 24.1 Å². The van der Waals surface area contributed by atoms with Gasteiger partial charge in [0, 0.05) is 12.0 Å². The number of aromatic hydroxyl groups is 1. The Labute approximate surface area is 108 Å². The molecule has 100 valence electrons. The van der Waals surface area contributed by atoms with Crippen LogP contribution in [0, 0.1) is 0 Å². The molecular weight excluding hydrogens is 252 g/mol. The van der Waals surface area contributed by atoms with E-state index in [1.165, 1.54) is 25.5 Å². The molecule has 2 N–H and O–H groups in total. The first-order valence-electron chi connectivity index (χ1n) is 5.43. The topological polar surface area (TPSA) is 89.1 Å². The third-order valence-electron chi connectivity index (χ3n) is 2.55. The van der Waals surface area contributed by atoms with Gasteiger partial charge in [0.05, 0.1) is 13.4 Å². The largest absolute Gasteiger partial charge is 0.511 e. The van der Waals surface area contributed by atoms with Crippen LogP contribution in [0.4, 0.5) is 4.79 Å². The highest BCUT2D eigenvalue weighted by Crippen LogP contribution is 2.38. The molecule has 19 heavy (non-hydrogen) atoms. The number of carboxylic acid groups (broad SMARTS) is 1. The van der Waals surface area contributed by atoms with Gasteiger partial charge in [-0.05, 0) is 24.3 Å². The lowest BCUT2D eigenvalue weighted by molar-refractivity contribution is 0.144. The molecule has 1 aromatic carbocycles. The minimum atomic E-state index is -1.45. The Morgan fingerprint density at radius 3 is 2.63 bits per heavy atom. The van der Waals surface area contributed by atoms with E-state index in [1.807, 2.05) is 0 Å². The molecule has 0 unspecified atom stereocenters. The SMILES string of the molecule is COc1ccc(OC(=O)O)c(Cc2ccco2)c1O. The number of phenolic OH excluding ortho intramolecular Hbond substituents is 1. The predicted molar refractivity (Wildman–Crippen MR) is 64.8 cm³/mol. The predicted octanol–water partition coefficient (Wildman–Crippen LogP) is 2.64. The maximum Gasteiger partial charge on any atom is 0.511 e. The molecular formula is C13H12O6. The van der Waals surface area contributed by atoms with E-state index >= 15 is 0 Å². The minimum absolute atomic E-state index is 0.0437. The third-order valence-corrected chi connectivity index (χ3v) is 2.55. The standard InChI is InChI=1S/C13H12O6/c1-17-11-5-4-10(19-13(15)16)9(12(11)14)7-8-3-2-6-18-8/h2-6,14H,7H2,1H3,(H,15,16). The van der Waals surface area contributed by atoms with Gasteiger partial charge >= 0.3 is 6.16 Å². The van der Waals surface area contributed by atoms with Crippen LogP contribution in [0.3, 0.4) is 0 Å². The van der Waals surface area contributed by atoms with E-state index in [9.17, 15) is 9.90 Å². The fraction of sp³-hybridized carbons (Fsp3) is 0.154. The molecule has 0 radical (unpaired) electrons. The maximum atomic E-state index is 10.6. The smallest absolute Gasteiger partial charge is 0.504 e. The summed E-state index contributed by atoms with van der Waals surface area (Å²) >= 11 is 0. The van der Waals surface area contributed by atoms with Gasteiger partial charge in [-0.25, -0.2) is 4.79 Å². The molecule has 2 aromatic rings. The highest BCUT2D eigenvalue weighted by Gasteiger charge is 2.18. The van der Waals surface area contributed by atoms with Crippen molar-refractivity contribution in [1.29, 1.82) is 0 Å². The van der Waals surface area contributed by atoms with Crippen LogP contribution in [0.1, 0.15) is 11.3 Å². The van der Waals surface area contributed by atoms with E-state index in [2.05, 4.69) is 4.74 Å². The highest BCUT2D eigenvalue weighted by molar-refractivity contribution is 5.64. The van der Waals surface area contributed by atoms with Crippen molar-refractivity contribution in [2.45, 2.75) is 6.42 Å². The van der Waals surface area contributed by atoms with Crippen LogP contribution in [0.2, 0.25) is 0 Å². The number of phenols is 1. The van der Waals surface area contributed by atoms with Crippen molar-refractivity contribution < 1.29 is 28.9 Å². The summed E-state index contributed by atoms with van der Waals surface area (Å²) in [7, 11) is 1.41. The Hall–Kier alpha value is -2.63. The number of furan rings is 1. The lowest BCUT2D eigenvalue weighted by Crippen LogP contribution is -2.06. The molecule has 1 aromatic heterocycles. The quantitative estimate of drug-likeness (QED) is 0.651. The summed E-state index contributed by atoms with van der Waals surface area (Å²) < 4.78 is 14.8. The van der Waals surface area contributed by atoms with Gasteiger partial charge in [0.1, 0.15) is 11.5 Å². The summed E-state index contributed by atoms with van der Waals surface area (Å²) in [6.07, 6.45) is 0.230. The monoisotopic (exact) mass is 264 g/mol. The fourth-order valence-corrected chi connectivity index (χ4v) is 1.71. The number of carbonyl (C=O) groups is 1. The molecule has 0 aliphatic rings. The number of hydrogen-bond acceptors (Lipinski definition) is 5. The first kappa shape index (κ1) is 12.8. The maximum absolute atomic E-state index is 10.6. The Balaban J connectivity index is 2.43. The zero-order valence-electron chi connectivity index (χ0n) is 10.1. The van der Waals surface area contributed by atoms with Crippen LogP contribution in [-0.2, 0) is 6.42 Å². The van der Waals surface area contributed by atoms with Crippen molar-refractivity contribution in [3.63, 3.8) is 0 Å². The van der Waals surface area contributed by atoms with Crippen LogP contribution in [0.5, 0.6) is 17.2 Å². The van der Waals surface area contributed by atoms with Gasteiger partial charge in [0.15, 0.2) is 11.5 Å². The Morgan fingerprint density at radius 2 is 2.05 bits per heavy atom. The summed E-state index contributed by atoms with van der Waals surface area (Å²) in [6.45, 7) is 0. The van der Waals surface area contributed by atoms with Crippen LogP contribution in [-0.4, -0.2) is 23.5 Å². The minimum Gasteiger partial charge on any atom is -0.504 e. The summed E-state index contributed by atoms with van der Waals surface area (Å²) in [6, 6.07) is 6.26. The Kier molecular flexibility index (Phi) is 3.61. The molecule has 6 nitrogen and oxygen atoms in total. The lowest BCUT2D eigenvalue weighted by Gasteiger charge is -2.12. The molecule has 2 rings (SSSR count). The van der Waals surface area contributed by atoms with E-state index in [0.29, 0.717) is 5.76 Å². The van der Waals surface area contributed by atoms with Crippen molar-refractivity contribution in [2.75, 3.05) is 7.11 Å². The number of methoxy groups -OCH3 is 1. The third kappa shape index (κ3) is 2.79. The number of benzene rings is 1. The molecule has 0 atom stereocenters. The molecule has 0 saturated carbocycles. The molecule has 0 aliphatic carbocycles. The van der Waals surface area contributed by atoms with Gasteiger partial charge in [-0.3, -0.25) is 0 Å². The first-order chi connectivity index (χ1) is 9.11. The zero-order chi connectivity index (χ0) is 13.8. The second-order valence-electron chi connectivity index (χ2n) is 3.72. The lowest BCUT2D eigenvalue weighted by atomic mass is 10.1. The zero-order valence-corrected chi connectivity index (χ0v) is 10.1. The van der Waals surface area contributed by atoms with Gasteiger partial charge in [0.25, 0.3) is 0 Å². The van der Waals surface area contributed by atoms with Crippen molar-refractivity contribution in [1.82, 2.24) is 0 Å². The molecule has 0 fully saturated rings. The van der Waals surface area contributed by atoms with E-state index < -0.39 is 6.16 Å². The van der Waals surface area contributed by atoms with Crippen molar-refractivity contribution in [2.24, 2.45) is 0 Å². The van der Waals surface area contributed by atoms with Gasteiger partial charge in [-0.1, -0.05) is 0 Å². The van der Waals surface area contributed by atoms with Crippen molar-refractivity contribution in [3.05, 3.63) is 41.9 Å². The molecule has 1 heterocycles. The molecule has 0 spiro atoms. The molecule has 6 heteroatoms. The highest BCUT2D eigenvalue weighted by atomic mass is 16.7. The number of hydrogen-bond donors (Lipinski definition) is 2. The van der Waals surface area contributed by atoms with E-state index in [1.54, 1.807) is 12.1 Å². The van der Waals surface area contributed by atoms with Gasteiger partial charge in [-0.15, -0.1) is 0 Å². The second kappa shape index (κ2) is 5.34. The molecule has 0 amide bonds.